The van der Waals surface area contributed by atoms with Crippen LogP contribution in [0.3, 0.4) is 0 Å². The van der Waals surface area contributed by atoms with Gasteiger partial charge in [-0.3, -0.25) is 4.79 Å². The van der Waals surface area contributed by atoms with Crippen molar-refractivity contribution in [3.8, 4) is 0 Å². The number of hydrogen-bond donors (Lipinski definition) is 2. The van der Waals surface area contributed by atoms with Crippen molar-refractivity contribution in [3.63, 3.8) is 0 Å². The predicted octanol–water partition coefficient (Wildman–Crippen LogP) is 1.37. The van der Waals surface area contributed by atoms with Gasteiger partial charge < -0.3 is 10.8 Å². The lowest BCUT2D eigenvalue weighted by molar-refractivity contribution is -0.137. The second-order valence-electron chi connectivity index (χ2n) is 2.85. The molecule has 0 radical (unpaired) electrons. The van der Waals surface area contributed by atoms with Crippen molar-refractivity contribution in [2.75, 3.05) is 0 Å². The summed E-state index contributed by atoms with van der Waals surface area (Å²) in [7, 11) is 0. The molecule has 0 rings (SSSR count). The largest absolute Gasteiger partial charge is 0.481 e. The topological polar surface area (TPSA) is 63.3 Å². The summed E-state index contributed by atoms with van der Waals surface area (Å²) in [5.41, 5.74) is 5.53. The molecule has 0 aliphatic rings. The van der Waals surface area contributed by atoms with Crippen molar-refractivity contribution in [1.82, 2.24) is 0 Å². The Hall–Kier alpha value is -0.570. The number of carboxylic acid groups (broad SMARTS) is 1. The first kappa shape index (κ1) is 10.4. The zero-order valence-corrected chi connectivity index (χ0v) is 7.05. The van der Waals surface area contributed by atoms with Crippen molar-refractivity contribution < 1.29 is 9.90 Å². The van der Waals surface area contributed by atoms with Gasteiger partial charge in [0.05, 0.1) is 6.42 Å². The van der Waals surface area contributed by atoms with E-state index >= 15 is 0 Å². The zero-order chi connectivity index (χ0) is 8.69. The molecule has 0 aromatic carbocycles. The standard InChI is InChI=1S/C8H17NO2/c1-2-3-4-5-7(9)6-8(10)11/h7H,2-6,9H2,1H3,(H,10,11). The number of hydrogen-bond acceptors (Lipinski definition) is 2. The van der Waals surface area contributed by atoms with Crippen molar-refractivity contribution in [2.24, 2.45) is 5.73 Å². The summed E-state index contributed by atoms with van der Waals surface area (Å²) in [6, 6.07) is -0.154. The number of carboxylic acids is 1. The molecule has 0 spiro atoms. The van der Waals surface area contributed by atoms with E-state index in [1.54, 1.807) is 0 Å². The molecule has 0 saturated heterocycles. The fourth-order valence-corrected chi connectivity index (χ4v) is 0.983. The molecule has 0 aliphatic carbocycles. The quantitative estimate of drug-likeness (QED) is 0.575. The van der Waals surface area contributed by atoms with Crippen LogP contribution < -0.4 is 5.73 Å². The Balaban J connectivity index is 3.22. The van der Waals surface area contributed by atoms with Crippen LogP contribution in [-0.4, -0.2) is 17.1 Å². The smallest absolute Gasteiger partial charge is 0.304 e. The van der Waals surface area contributed by atoms with Crippen LogP contribution in [0.5, 0.6) is 0 Å². The lowest BCUT2D eigenvalue weighted by Crippen LogP contribution is -2.23. The molecule has 11 heavy (non-hydrogen) atoms. The maximum absolute atomic E-state index is 10.2. The summed E-state index contributed by atoms with van der Waals surface area (Å²) in [6.45, 7) is 2.11. The Morgan fingerprint density at radius 2 is 2.18 bits per heavy atom. The van der Waals surface area contributed by atoms with E-state index in [0.717, 1.165) is 25.7 Å². The fourth-order valence-electron chi connectivity index (χ4n) is 0.983. The SMILES string of the molecule is CCCCCC(N)CC(=O)O. The maximum atomic E-state index is 10.2. The molecule has 3 N–H and O–H groups in total. The minimum absolute atomic E-state index is 0.101. The molecule has 3 nitrogen and oxygen atoms in total. The Morgan fingerprint density at radius 3 is 2.64 bits per heavy atom. The summed E-state index contributed by atoms with van der Waals surface area (Å²) in [4.78, 5) is 10.2. The Morgan fingerprint density at radius 1 is 1.55 bits per heavy atom. The molecule has 0 aromatic rings. The predicted molar refractivity (Wildman–Crippen MR) is 44.4 cm³/mol. The molecule has 0 aliphatic heterocycles. The highest BCUT2D eigenvalue weighted by Crippen LogP contribution is 2.03. The summed E-state index contributed by atoms with van der Waals surface area (Å²) in [5, 5.41) is 8.36. The van der Waals surface area contributed by atoms with Crippen LogP contribution in [0.1, 0.15) is 39.0 Å². The van der Waals surface area contributed by atoms with Gasteiger partial charge in [-0.2, -0.15) is 0 Å². The first-order chi connectivity index (χ1) is 5.16. The van der Waals surface area contributed by atoms with E-state index in [2.05, 4.69) is 6.92 Å². The molecule has 0 bridgehead atoms. The lowest BCUT2D eigenvalue weighted by Gasteiger charge is -2.06. The molecule has 0 aromatic heterocycles. The van der Waals surface area contributed by atoms with E-state index < -0.39 is 5.97 Å². The molecule has 1 unspecified atom stereocenters. The van der Waals surface area contributed by atoms with Gasteiger partial charge in [-0.25, -0.2) is 0 Å². The third kappa shape index (κ3) is 7.33. The molecule has 1 atom stereocenters. The molecular formula is C8H17NO2. The monoisotopic (exact) mass is 159 g/mol. The van der Waals surface area contributed by atoms with Gasteiger partial charge in [0.15, 0.2) is 0 Å². The average molecular weight is 159 g/mol. The maximum Gasteiger partial charge on any atom is 0.304 e. The van der Waals surface area contributed by atoms with Crippen LogP contribution >= 0.6 is 0 Å². The Labute approximate surface area is 67.6 Å². The van der Waals surface area contributed by atoms with Gasteiger partial charge >= 0.3 is 5.97 Å². The van der Waals surface area contributed by atoms with Gasteiger partial charge in [0.25, 0.3) is 0 Å². The van der Waals surface area contributed by atoms with E-state index in [9.17, 15) is 4.79 Å². The van der Waals surface area contributed by atoms with Crippen molar-refractivity contribution in [3.05, 3.63) is 0 Å². The van der Waals surface area contributed by atoms with Crippen molar-refractivity contribution in [2.45, 2.75) is 45.1 Å². The van der Waals surface area contributed by atoms with Gasteiger partial charge in [0.2, 0.25) is 0 Å². The van der Waals surface area contributed by atoms with Gasteiger partial charge in [0, 0.05) is 6.04 Å². The summed E-state index contributed by atoms with van der Waals surface area (Å²) >= 11 is 0. The highest BCUT2D eigenvalue weighted by molar-refractivity contribution is 5.67. The van der Waals surface area contributed by atoms with Gasteiger partial charge in [-0.1, -0.05) is 26.2 Å². The highest BCUT2D eigenvalue weighted by atomic mass is 16.4. The minimum Gasteiger partial charge on any atom is -0.481 e. The lowest BCUT2D eigenvalue weighted by atomic mass is 10.1. The van der Waals surface area contributed by atoms with Gasteiger partial charge in [-0.15, -0.1) is 0 Å². The van der Waals surface area contributed by atoms with Gasteiger partial charge in [-0.05, 0) is 6.42 Å². The third-order valence-corrected chi connectivity index (χ3v) is 1.62. The van der Waals surface area contributed by atoms with Crippen LogP contribution in [0, 0.1) is 0 Å². The molecular weight excluding hydrogens is 142 g/mol. The third-order valence-electron chi connectivity index (χ3n) is 1.62. The first-order valence-corrected chi connectivity index (χ1v) is 4.14. The molecule has 0 fully saturated rings. The molecule has 3 heteroatoms. The summed E-state index contributed by atoms with van der Waals surface area (Å²) in [5.74, 6) is -0.797. The summed E-state index contributed by atoms with van der Waals surface area (Å²) < 4.78 is 0. The second-order valence-corrected chi connectivity index (χ2v) is 2.85. The average Bonchev–Trinajstić information content (AvgIpc) is 1.86. The number of aliphatic carboxylic acids is 1. The zero-order valence-electron chi connectivity index (χ0n) is 7.05. The highest BCUT2D eigenvalue weighted by Gasteiger charge is 2.06. The number of unbranched alkanes of at least 4 members (excludes halogenated alkanes) is 2. The summed E-state index contributed by atoms with van der Waals surface area (Å²) in [6.07, 6.45) is 4.28. The van der Waals surface area contributed by atoms with Crippen LogP contribution in [0.15, 0.2) is 0 Å². The Bertz CT molecular complexity index is 115. The van der Waals surface area contributed by atoms with E-state index in [1.807, 2.05) is 0 Å². The molecule has 0 amide bonds. The molecule has 66 valence electrons. The van der Waals surface area contributed by atoms with E-state index in [1.165, 1.54) is 0 Å². The van der Waals surface area contributed by atoms with Crippen molar-refractivity contribution in [1.29, 1.82) is 0 Å². The van der Waals surface area contributed by atoms with Gasteiger partial charge in [0.1, 0.15) is 0 Å². The first-order valence-electron chi connectivity index (χ1n) is 4.14. The van der Waals surface area contributed by atoms with Crippen LogP contribution in [0.2, 0.25) is 0 Å². The van der Waals surface area contributed by atoms with Crippen LogP contribution in [0.25, 0.3) is 0 Å². The Kier molecular flexibility index (Phi) is 5.84. The number of carbonyl (C=O) groups is 1. The minimum atomic E-state index is -0.797. The fraction of sp³-hybridized carbons (Fsp3) is 0.875. The van der Waals surface area contributed by atoms with Crippen LogP contribution in [0.4, 0.5) is 0 Å². The number of rotatable bonds is 6. The van der Waals surface area contributed by atoms with E-state index in [0.29, 0.717) is 0 Å². The number of nitrogens with two attached hydrogens (primary N) is 1. The second kappa shape index (κ2) is 6.16. The van der Waals surface area contributed by atoms with Crippen LogP contribution in [-0.2, 0) is 4.79 Å². The molecule has 0 saturated carbocycles. The normalized spacial score (nSPS) is 12.9. The van der Waals surface area contributed by atoms with E-state index in [4.69, 9.17) is 10.8 Å². The molecule has 0 heterocycles. The van der Waals surface area contributed by atoms with Crippen molar-refractivity contribution >= 4 is 5.97 Å². The van der Waals surface area contributed by atoms with E-state index in [-0.39, 0.29) is 12.5 Å².